The molecule has 0 saturated carbocycles. The molecule has 1 saturated heterocycles. The van der Waals surface area contributed by atoms with Crippen LogP contribution in [0.5, 0.6) is 0 Å². The minimum Gasteiger partial charge on any atom is -0.445 e. The number of rotatable bonds is 9. The van der Waals surface area contributed by atoms with Gasteiger partial charge >= 0.3 is 12.2 Å². The Morgan fingerprint density at radius 2 is 1.77 bits per heavy atom. The van der Waals surface area contributed by atoms with Crippen molar-refractivity contribution in [1.29, 1.82) is 0 Å². The Balaban J connectivity index is 2.13. The fourth-order valence-electron chi connectivity index (χ4n) is 3.27. The highest BCUT2D eigenvalue weighted by Gasteiger charge is 2.39. The quantitative estimate of drug-likeness (QED) is 0.419. The van der Waals surface area contributed by atoms with E-state index in [1.54, 1.807) is 7.05 Å². The number of carbonyl (C=O) groups excluding carboxylic acids is 2. The number of nitrogens with zero attached hydrogens (tertiary/aromatic N) is 2. The molecule has 1 fully saturated rings. The van der Waals surface area contributed by atoms with Crippen molar-refractivity contribution >= 4 is 22.3 Å². The summed E-state index contributed by atoms with van der Waals surface area (Å²) in [5, 5.41) is 0. The first-order valence-electron chi connectivity index (χ1n) is 9.64. The number of carbonyl (C=O) groups is 2. The molecule has 0 aromatic heterocycles. The second-order valence-corrected chi connectivity index (χ2v) is 8.76. The highest BCUT2D eigenvalue weighted by Crippen LogP contribution is 2.34. The Bertz CT molecular complexity index is 899. The summed E-state index contributed by atoms with van der Waals surface area (Å²) in [6.07, 6.45) is 2.54. The Labute approximate surface area is 183 Å². The lowest BCUT2D eigenvalue weighted by atomic mass is 10.0. The lowest BCUT2D eigenvalue weighted by Gasteiger charge is -2.24. The molecule has 0 N–H and O–H groups in total. The van der Waals surface area contributed by atoms with E-state index in [1.165, 1.54) is 22.0 Å². The molecule has 10 heteroatoms. The molecule has 1 aliphatic rings. The molecular weight excluding hydrogens is 424 g/mol. The van der Waals surface area contributed by atoms with Crippen molar-refractivity contribution in [2.75, 3.05) is 33.1 Å². The van der Waals surface area contributed by atoms with Gasteiger partial charge in [0, 0.05) is 20.0 Å². The summed E-state index contributed by atoms with van der Waals surface area (Å²) < 4.78 is 38.3. The van der Waals surface area contributed by atoms with Crippen LogP contribution in [0.15, 0.2) is 49.6 Å². The number of hydrogen-bond acceptors (Lipinski definition) is 7. The van der Waals surface area contributed by atoms with E-state index in [4.69, 9.17) is 13.7 Å². The standard InChI is InChI=1S/C21H28N2O7S/c1-5-11-28-20(24)22(3)14-16-7-9-17(10-8-16)19-13-18(30-31(4,26)27)15-23(19)21(25)29-12-6-2/h5-10,18-19H,1-2,11-15H2,3-4H3/t18-,19-/m1/s1. The molecule has 31 heavy (non-hydrogen) atoms. The SMILES string of the molecule is C=CCOC(=O)N(C)Cc1ccc([C@H]2C[C@@H](OS(C)(=O)=O)CN2C(=O)OCC=C)cc1. The predicted molar refractivity (Wildman–Crippen MR) is 115 cm³/mol. The molecule has 1 heterocycles. The Hall–Kier alpha value is -2.85. The minimum atomic E-state index is -3.66. The van der Waals surface area contributed by atoms with E-state index < -0.39 is 34.5 Å². The highest BCUT2D eigenvalue weighted by molar-refractivity contribution is 7.86. The van der Waals surface area contributed by atoms with E-state index >= 15 is 0 Å². The zero-order chi connectivity index (χ0) is 23.0. The molecule has 2 amide bonds. The first-order valence-corrected chi connectivity index (χ1v) is 11.5. The summed E-state index contributed by atoms with van der Waals surface area (Å²) >= 11 is 0. The van der Waals surface area contributed by atoms with Crippen LogP contribution in [0.3, 0.4) is 0 Å². The fourth-order valence-corrected chi connectivity index (χ4v) is 3.90. The van der Waals surface area contributed by atoms with E-state index in [0.29, 0.717) is 13.0 Å². The Kier molecular flexibility index (Phi) is 8.64. The van der Waals surface area contributed by atoms with Crippen LogP contribution in [0.25, 0.3) is 0 Å². The van der Waals surface area contributed by atoms with Gasteiger partial charge in [-0.1, -0.05) is 49.6 Å². The lowest BCUT2D eigenvalue weighted by molar-refractivity contribution is 0.104. The average Bonchev–Trinajstić information content (AvgIpc) is 3.12. The van der Waals surface area contributed by atoms with Crippen LogP contribution in [-0.2, 0) is 30.3 Å². The van der Waals surface area contributed by atoms with Crippen molar-refractivity contribution in [2.24, 2.45) is 0 Å². The van der Waals surface area contributed by atoms with Gasteiger partial charge in [0.25, 0.3) is 10.1 Å². The topological polar surface area (TPSA) is 102 Å². The van der Waals surface area contributed by atoms with Gasteiger partial charge in [-0.25, -0.2) is 9.59 Å². The van der Waals surface area contributed by atoms with E-state index in [9.17, 15) is 18.0 Å². The first kappa shape index (κ1) is 24.4. The molecule has 0 bridgehead atoms. The second kappa shape index (κ2) is 11.0. The van der Waals surface area contributed by atoms with Crippen molar-refractivity contribution in [2.45, 2.75) is 25.1 Å². The van der Waals surface area contributed by atoms with Gasteiger partial charge in [0.05, 0.1) is 24.9 Å². The van der Waals surface area contributed by atoms with Gasteiger partial charge in [-0.2, -0.15) is 8.42 Å². The molecule has 0 unspecified atom stereocenters. The minimum absolute atomic E-state index is 0.0485. The first-order chi connectivity index (χ1) is 14.6. The van der Waals surface area contributed by atoms with Crippen molar-refractivity contribution in [3.8, 4) is 0 Å². The summed E-state index contributed by atoms with van der Waals surface area (Å²) in [4.78, 5) is 27.2. The summed E-state index contributed by atoms with van der Waals surface area (Å²) in [7, 11) is -2.04. The largest absolute Gasteiger partial charge is 0.445 e. The number of likely N-dealkylation sites (tertiary alicyclic amines) is 1. The van der Waals surface area contributed by atoms with Crippen LogP contribution in [0.2, 0.25) is 0 Å². The van der Waals surface area contributed by atoms with Gasteiger partial charge in [-0.3, -0.25) is 9.08 Å². The summed E-state index contributed by atoms with van der Waals surface area (Å²) in [6, 6.07) is 6.93. The maximum Gasteiger partial charge on any atom is 0.410 e. The van der Waals surface area contributed by atoms with E-state index in [1.807, 2.05) is 24.3 Å². The van der Waals surface area contributed by atoms with Crippen LogP contribution in [-0.4, -0.2) is 69.6 Å². The number of benzene rings is 1. The van der Waals surface area contributed by atoms with Gasteiger partial charge < -0.3 is 14.4 Å². The lowest BCUT2D eigenvalue weighted by Crippen LogP contribution is -2.33. The molecule has 2 atom stereocenters. The maximum atomic E-state index is 12.5. The molecular formula is C21H28N2O7S. The molecule has 1 aromatic rings. The van der Waals surface area contributed by atoms with Crippen LogP contribution >= 0.6 is 0 Å². The second-order valence-electron chi connectivity index (χ2n) is 7.16. The van der Waals surface area contributed by atoms with E-state index in [2.05, 4.69) is 13.2 Å². The maximum absolute atomic E-state index is 12.5. The molecule has 2 rings (SSSR count). The number of hydrogen-bond donors (Lipinski definition) is 0. The third-order valence-corrected chi connectivity index (χ3v) is 5.18. The molecule has 170 valence electrons. The summed E-state index contributed by atoms with van der Waals surface area (Å²) in [5.41, 5.74) is 1.67. The van der Waals surface area contributed by atoms with Crippen molar-refractivity contribution in [3.05, 3.63) is 60.7 Å². The van der Waals surface area contributed by atoms with Crippen molar-refractivity contribution in [3.63, 3.8) is 0 Å². The molecule has 1 aromatic carbocycles. The van der Waals surface area contributed by atoms with Crippen molar-refractivity contribution < 1.29 is 31.7 Å². The van der Waals surface area contributed by atoms with Gasteiger partial charge in [0.15, 0.2) is 0 Å². The molecule has 0 spiro atoms. The molecule has 0 radical (unpaired) electrons. The predicted octanol–water partition coefficient (Wildman–Crippen LogP) is 2.86. The van der Waals surface area contributed by atoms with Crippen molar-refractivity contribution in [1.82, 2.24) is 9.80 Å². The average molecular weight is 453 g/mol. The van der Waals surface area contributed by atoms with Crippen LogP contribution in [0, 0.1) is 0 Å². The Morgan fingerprint density at radius 3 is 2.35 bits per heavy atom. The monoisotopic (exact) mass is 452 g/mol. The van der Waals surface area contributed by atoms with E-state index in [-0.39, 0.29) is 19.8 Å². The zero-order valence-electron chi connectivity index (χ0n) is 17.7. The highest BCUT2D eigenvalue weighted by atomic mass is 32.2. The summed E-state index contributed by atoms with van der Waals surface area (Å²) in [6.45, 7) is 7.64. The Morgan fingerprint density at radius 1 is 1.16 bits per heavy atom. The normalized spacial score (nSPS) is 18.3. The number of amides is 2. The molecule has 0 aliphatic carbocycles. The smallest absolute Gasteiger partial charge is 0.410 e. The van der Waals surface area contributed by atoms with Crippen LogP contribution in [0.1, 0.15) is 23.6 Å². The molecule has 9 nitrogen and oxygen atoms in total. The van der Waals surface area contributed by atoms with Crippen LogP contribution < -0.4 is 0 Å². The molecule has 1 aliphatic heterocycles. The fraction of sp³-hybridized carbons (Fsp3) is 0.429. The van der Waals surface area contributed by atoms with Gasteiger partial charge in [0.1, 0.15) is 13.2 Å². The van der Waals surface area contributed by atoms with Crippen LogP contribution in [0.4, 0.5) is 9.59 Å². The van der Waals surface area contributed by atoms with E-state index in [0.717, 1.165) is 17.4 Å². The third kappa shape index (κ3) is 7.41. The third-order valence-electron chi connectivity index (χ3n) is 4.55. The zero-order valence-corrected chi connectivity index (χ0v) is 18.5. The number of ether oxygens (including phenoxy) is 2. The summed E-state index contributed by atoms with van der Waals surface area (Å²) in [5.74, 6) is 0. The van der Waals surface area contributed by atoms with Gasteiger partial charge in [0.2, 0.25) is 0 Å². The van der Waals surface area contributed by atoms with Gasteiger partial charge in [-0.05, 0) is 11.1 Å². The van der Waals surface area contributed by atoms with Gasteiger partial charge in [-0.15, -0.1) is 0 Å².